The van der Waals surface area contributed by atoms with Crippen molar-refractivity contribution >= 4 is 40.7 Å². The van der Waals surface area contributed by atoms with Crippen molar-refractivity contribution in [1.29, 1.82) is 0 Å². The van der Waals surface area contributed by atoms with Gasteiger partial charge in [-0.15, -0.1) is 0 Å². The Morgan fingerprint density at radius 2 is 1.88 bits per heavy atom. The third-order valence-electron chi connectivity index (χ3n) is 1.93. The quantitative estimate of drug-likeness (QED) is 0.483. The van der Waals surface area contributed by atoms with Gasteiger partial charge in [-0.05, 0) is 25.1 Å². The molecule has 0 saturated carbocycles. The van der Waals surface area contributed by atoms with Crippen molar-refractivity contribution in [2.45, 2.75) is 13.8 Å². The molecule has 0 saturated heterocycles. The van der Waals surface area contributed by atoms with E-state index in [0.717, 1.165) is 0 Å². The van der Waals surface area contributed by atoms with E-state index in [4.69, 9.17) is 23.2 Å². The molecular formula is C11H9Cl2NO3. The molecule has 0 unspecified atom stereocenters. The topological polar surface area (TPSA) is 55.7 Å². The second kappa shape index (κ2) is 5.80. The monoisotopic (exact) mass is 273 g/mol. The van der Waals surface area contributed by atoms with Gasteiger partial charge in [-0.25, -0.2) is 4.79 Å². The summed E-state index contributed by atoms with van der Waals surface area (Å²) in [6.45, 7) is 2.76. The van der Waals surface area contributed by atoms with E-state index in [2.05, 4.69) is 9.99 Å². The minimum atomic E-state index is -0.743. The van der Waals surface area contributed by atoms with Crippen LogP contribution in [0.15, 0.2) is 23.4 Å². The number of ketones is 1. The van der Waals surface area contributed by atoms with Crippen LogP contribution in [0.1, 0.15) is 24.2 Å². The fourth-order valence-corrected chi connectivity index (χ4v) is 1.36. The molecule has 0 aromatic heterocycles. The second-order valence-electron chi connectivity index (χ2n) is 3.24. The number of halogens is 2. The summed E-state index contributed by atoms with van der Waals surface area (Å²) in [5, 5.41) is 3.97. The van der Waals surface area contributed by atoms with Crippen molar-refractivity contribution < 1.29 is 14.4 Å². The summed E-state index contributed by atoms with van der Waals surface area (Å²) in [6, 6.07) is 4.35. The number of nitrogens with zero attached hydrogens (tertiary/aromatic N) is 1. The van der Waals surface area contributed by atoms with Crippen LogP contribution >= 0.6 is 23.2 Å². The molecule has 0 spiro atoms. The Morgan fingerprint density at radius 1 is 1.24 bits per heavy atom. The van der Waals surface area contributed by atoms with Crippen LogP contribution in [0.3, 0.4) is 0 Å². The molecule has 1 aromatic rings. The minimum Gasteiger partial charge on any atom is -0.312 e. The highest BCUT2D eigenvalue weighted by atomic mass is 35.5. The van der Waals surface area contributed by atoms with Crippen LogP contribution in [0, 0.1) is 0 Å². The lowest BCUT2D eigenvalue weighted by Crippen LogP contribution is -2.08. The molecule has 0 aliphatic rings. The van der Waals surface area contributed by atoms with Crippen molar-refractivity contribution in [3.63, 3.8) is 0 Å². The van der Waals surface area contributed by atoms with Crippen LogP contribution in [-0.4, -0.2) is 17.5 Å². The number of Topliss-reactive ketones (excluding diaryl/α,β-unsaturated/α-hetero) is 1. The molecule has 0 N–H and O–H groups in total. The lowest BCUT2D eigenvalue weighted by molar-refractivity contribution is -0.111. The predicted octanol–water partition coefficient (Wildman–Crippen LogP) is 3.12. The highest BCUT2D eigenvalue weighted by molar-refractivity contribution is 6.38. The highest BCUT2D eigenvalue weighted by Gasteiger charge is 2.12. The number of hydrogen-bond acceptors (Lipinski definition) is 4. The molecule has 17 heavy (non-hydrogen) atoms. The highest BCUT2D eigenvalue weighted by Crippen LogP contribution is 2.21. The first-order valence-corrected chi connectivity index (χ1v) is 5.39. The molecule has 90 valence electrons. The van der Waals surface area contributed by atoms with Gasteiger partial charge in [0.15, 0.2) is 5.78 Å². The van der Waals surface area contributed by atoms with Crippen LogP contribution < -0.4 is 0 Å². The molecule has 0 amide bonds. The maximum atomic E-state index is 11.5. The molecule has 1 aromatic carbocycles. The third-order valence-corrected chi connectivity index (χ3v) is 2.47. The fourth-order valence-electron chi connectivity index (χ4n) is 0.878. The van der Waals surface area contributed by atoms with Crippen LogP contribution in [0.2, 0.25) is 10.0 Å². The Labute approximate surface area is 108 Å². The second-order valence-corrected chi connectivity index (χ2v) is 4.08. The summed E-state index contributed by atoms with van der Waals surface area (Å²) in [5.41, 5.74) is 0.236. The molecule has 4 nitrogen and oxygen atoms in total. The van der Waals surface area contributed by atoms with Crippen LogP contribution in [0.25, 0.3) is 0 Å². The lowest BCUT2D eigenvalue weighted by atomic mass is 10.2. The zero-order valence-electron chi connectivity index (χ0n) is 9.16. The summed E-state index contributed by atoms with van der Waals surface area (Å²) in [5.74, 6) is -1.02. The Balaban J connectivity index is 2.84. The SMILES string of the molecule is CC(=O)/C(C)=N/OC(=O)c1ccc(Cl)cc1Cl. The van der Waals surface area contributed by atoms with Crippen LogP contribution in [-0.2, 0) is 9.63 Å². The standard InChI is InChI=1S/C11H9Cl2NO3/c1-6(7(2)15)14-17-11(16)9-4-3-8(12)5-10(9)13/h3-5H,1-2H3/b14-6+. The van der Waals surface area contributed by atoms with E-state index in [1.165, 1.54) is 32.0 Å². The number of hydrogen-bond donors (Lipinski definition) is 0. The maximum Gasteiger partial charge on any atom is 0.367 e. The van der Waals surface area contributed by atoms with Crippen molar-refractivity contribution in [2.75, 3.05) is 0 Å². The van der Waals surface area contributed by atoms with Crippen molar-refractivity contribution in [3.8, 4) is 0 Å². The molecule has 6 heteroatoms. The zero-order chi connectivity index (χ0) is 13.0. The molecule has 0 fully saturated rings. The van der Waals surface area contributed by atoms with E-state index in [0.29, 0.717) is 5.02 Å². The van der Waals surface area contributed by atoms with Gasteiger partial charge in [0, 0.05) is 11.9 Å². The maximum absolute atomic E-state index is 11.5. The number of carbonyl (C=O) groups excluding carboxylic acids is 2. The number of benzene rings is 1. The summed E-state index contributed by atoms with van der Waals surface area (Å²) in [7, 11) is 0. The van der Waals surface area contributed by atoms with Gasteiger partial charge in [0.05, 0.1) is 10.6 Å². The molecule has 0 aliphatic carbocycles. The average Bonchev–Trinajstić information content (AvgIpc) is 2.25. The van der Waals surface area contributed by atoms with E-state index in [1.807, 2.05) is 0 Å². The van der Waals surface area contributed by atoms with Crippen LogP contribution in [0.5, 0.6) is 0 Å². The Hall–Kier alpha value is -1.39. The van der Waals surface area contributed by atoms with E-state index >= 15 is 0 Å². The number of rotatable bonds is 3. The normalized spacial score (nSPS) is 11.2. The number of carbonyl (C=O) groups is 2. The predicted molar refractivity (Wildman–Crippen MR) is 65.7 cm³/mol. The Morgan fingerprint density at radius 3 is 2.41 bits per heavy atom. The summed E-state index contributed by atoms with van der Waals surface area (Å²) >= 11 is 11.5. The van der Waals surface area contributed by atoms with Crippen molar-refractivity contribution in [2.24, 2.45) is 5.16 Å². The average molecular weight is 274 g/mol. The van der Waals surface area contributed by atoms with Gasteiger partial charge in [0.1, 0.15) is 5.71 Å². The van der Waals surface area contributed by atoms with E-state index in [1.54, 1.807) is 0 Å². The summed E-state index contributed by atoms with van der Waals surface area (Å²) in [4.78, 5) is 26.9. The minimum absolute atomic E-state index is 0.100. The summed E-state index contributed by atoms with van der Waals surface area (Å²) in [6.07, 6.45) is 0. The molecule has 0 bridgehead atoms. The molecule has 0 aliphatic heterocycles. The molecule has 0 heterocycles. The first-order chi connectivity index (χ1) is 7.91. The van der Waals surface area contributed by atoms with Crippen molar-refractivity contribution in [3.05, 3.63) is 33.8 Å². The van der Waals surface area contributed by atoms with Gasteiger partial charge in [-0.1, -0.05) is 28.4 Å². The molecule has 0 radical (unpaired) electrons. The molecular weight excluding hydrogens is 265 g/mol. The van der Waals surface area contributed by atoms with Gasteiger partial charge < -0.3 is 4.84 Å². The van der Waals surface area contributed by atoms with E-state index < -0.39 is 5.97 Å². The van der Waals surface area contributed by atoms with E-state index in [9.17, 15) is 9.59 Å². The largest absolute Gasteiger partial charge is 0.367 e. The first-order valence-electron chi connectivity index (χ1n) is 4.63. The van der Waals surface area contributed by atoms with Gasteiger partial charge in [-0.2, -0.15) is 0 Å². The van der Waals surface area contributed by atoms with Gasteiger partial charge >= 0.3 is 5.97 Å². The molecule has 1 rings (SSSR count). The Kier molecular flexibility index (Phi) is 4.66. The van der Waals surface area contributed by atoms with Gasteiger partial charge in [0.25, 0.3) is 0 Å². The van der Waals surface area contributed by atoms with Gasteiger partial charge in [-0.3, -0.25) is 4.79 Å². The van der Waals surface area contributed by atoms with E-state index in [-0.39, 0.29) is 22.1 Å². The van der Waals surface area contributed by atoms with Gasteiger partial charge in [0.2, 0.25) is 0 Å². The lowest BCUT2D eigenvalue weighted by Gasteiger charge is -2.01. The van der Waals surface area contributed by atoms with Crippen molar-refractivity contribution in [1.82, 2.24) is 0 Å². The smallest absolute Gasteiger partial charge is 0.312 e. The fraction of sp³-hybridized carbons (Fsp3) is 0.182. The number of oxime groups is 1. The Bertz CT molecular complexity index is 497. The third kappa shape index (κ3) is 3.84. The summed E-state index contributed by atoms with van der Waals surface area (Å²) < 4.78 is 0. The van der Waals surface area contributed by atoms with Crippen LogP contribution in [0.4, 0.5) is 0 Å². The zero-order valence-corrected chi connectivity index (χ0v) is 10.7. The molecule has 0 atom stereocenters. The first kappa shape index (κ1) is 13.7.